The fraction of sp³-hybridized carbons (Fsp3) is 0.714. The first-order valence-corrected chi connectivity index (χ1v) is 8.88. The number of nitrogens with zero attached hydrogens (tertiary/aromatic N) is 2. The molecule has 0 fully saturated rings. The van der Waals surface area contributed by atoms with Crippen LogP contribution in [0.15, 0.2) is 12.4 Å². The first-order chi connectivity index (χ1) is 8.17. The van der Waals surface area contributed by atoms with Crippen molar-refractivity contribution in [1.29, 1.82) is 0 Å². The lowest BCUT2D eigenvalue weighted by Gasteiger charge is -2.20. The largest absolute Gasteiger partial charge is 0.253 e. The molecule has 2 nitrogen and oxygen atoms in total. The van der Waals surface area contributed by atoms with Crippen molar-refractivity contribution in [3.8, 4) is 0 Å². The van der Waals surface area contributed by atoms with Crippen molar-refractivity contribution in [3.63, 3.8) is 0 Å². The summed E-state index contributed by atoms with van der Waals surface area (Å²) >= 11 is 0. The Balaban J connectivity index is 2.68. The molecule has 1 aromatic heterocycles. The molecule has 2 atom stereocenters. The predicted molar refractivity (Wildman–Crippen MR) is 86.6 cm³/mol. The van der Waals surface area contributed by atoms with E-state index in [0.29, 0.717) is 10.8 Å². The van der Waals surface area contributed by atoms with Crippen LogP contribution >= 0.6 is 17.2 Å². The average molecular weight is 284 g/mol. The Morgan fingerprint density at radius 3 is 1.39 bits per heavy atom. The first kappa shape index (κ1) is 16.0. The fourth-order valence-electron chi connectivity index (χ4n) is 1.29. The summed E-state index contributed by atoms with van der Waals surface area (Å²) in [7, 11) is 1.56. The zero-order chi connectivity index (χ0) is 13.8. The van der Waals surface area contributed by atoms with E-state index in [0.717, 1.165) is 17.2 Å². The van der Waals surface area contributed by atoms with Gasteiger partial charge in [-0.2, -0.15) is 0 Å². The van der Waals surface area contributed by atoms with Crippen LogP contribution in [-0.2, 0) is 0 Å². The summed E-state index contributed by atoms with van der Waals surface area (Å²) in [6.45, 7) is 13.7. The first-order valence-electron chi connectivity index (χ1n) is 6.46. The van der Waals surface area contributed by atoms with Gasteiger partial charge in [0.25, 0.3) is 0 Å². The van der Waals surface area contributed by atoms with Gasteiger partial charge in [0.15, 0.2) is 0 Å². The van der Waals surface area contributed by atoms with Crippen LogP contribution < -0.4 is 10.9 Å². The Morgan fingerprint density at radius 2 is 1.11 bits per heavy atom. The highest BCUT2D eigenvalue weighted by atomic mass is 31.1. The maximum Gasteiger partial charge on any atom is 0.0856 e. The maximum atomic E-state index is 4.54. The van der Waals surface area contributed by atoms with Crippen LogP contribution in [-0.4, -0.2) is 22.3 Å². The standard InChI is InChI=1S/C14H26N2P2/c1-13(2,3)9-17-11-12(16-8-7-15-11)18-10-14(4,5)6/h7-8,17-18H,9-10H2,1-6H3. The minimum atomic E-state index is 0.375. The van der Waals surface area contributed by atoms with Gasteiger partial charge in [-0.15, -0.1) is 0 Å². The molecule has 0 aliphatic heterocycles. The lowest BCUT2D eigenvalue weighted by molar-refractivity contribution is 0.479. The molecule has 0 bridgehead atoms. The molecule has 1 aromatic rings. The lowest BCUT2D eigenvalue weighted by Crippen LogP contribution is -2.26. The number of hydrogen-bond acceptors (Lipinski definition) is 2. The minimum Gasteiger partial charge on any atom is -0.253 e. The second kappa shape index (κ2) is 6.40. The van der Waals surface area contributed by atoms with Crippen molar-refractivity contribution in [2.45, 2.75) is 41.5 Å². The van der Waals surface area contributed by atoms with Gasteiger partial charge < -0.3 is 0 Å². The Bertz CT molecular complexity index is 341. The van der Waals surface area contributed by atoms with Gasteiger partial charge in [0, 0.05) is 12.4 Å². The third-order valence-electron chi connectivity index (χ3n) is 2.27. The number of hydrogen-bond donors (Lipinski definition) is 0. The molecule has 4 heteroatoms. The quantitative estimate of drug-likeness (QED) is 0.794. The molecule has 0 aliphatic rings. The van der Waals surface area contributed by atoms with E-state index < -0.39 is 0 Å². The SMILES string of the molecule is CC(C)(C)CPc1nccnc1PCC(C)(C)C. The van der Waals surface area contributed by atoms with Crippen LogP contribution in [0.4, 0.5) is 0 Å². The van der Waals surface area contributed by atoms with Crippen LogP contribution in [0.2, 0.25) is 0 Å². The highest BCUT2D eigenvalue weighted by Gasteiger charge is 2.15. The van der Waals surface area contributed by atoms with E-state index >= 15 is 0 Å². The van der Waals surface area contributed by atoms with E-state index in [4.69, 9.17) is 0 Å². The van der Waals surface area contributed by atoms with Crippen molar-refractivity contribution < 1.29 is 0 Å². The second-order valence-corrected chi connectivity index (χ2v) is 9.44. The zero-order valence-electron chi connectivity index (χ0n) is 12.5. The van der Waals surface area contributed by atoms with Gasteiger partial charge in [0.05, 0.1) is 10.9 Å². The molecule has 0 spiro atoms. The van der Waals surface area contributed by atoms with Crippen molar-refractivity contribution in [2.24, 2.45) is 10.8 Å². The predicted octanol–water partition coefficient (Wildman–Crippen LogP) is 3.18. The minimum absolute atomic E-state index is 0.375. The molecule has 0 aromatic carbocycles. The molecular weight excluding hydrogens is 258 g/mol. The maximum absolute atomic E-state index is 4.54. The Kier molecular flexibility index (Phi) is 5.68. The van der Waals surface area contributed by atoms with Gasteiger partial charge in [-0.05, 0) is 23.2 Å². The molecule has 1 heterocycles. The monoisotopic (exact) mass is 284 g/mol. The van der Waals surface area contributed by atoms with Crippen LogP contribution in [0.1, 0.15) is 41.5 Å². The summed E-state index contributed by atoms with van der Waals surface area (Å²) in [4.78, 5) is 9.08. The summed E-state index contributed by atoms with van der Waals surface area (Å²) in [5.41, 5.74) is 3.21. The summed E-state index contributed by atoms with van der Waals surface area (Å²) in [6.07, 6.45) is 6.05. The second-order valence-electron chi connectivity index (χ2n) is 7.08. The molecule has 102 valence electrons. The van der Waals surface area contributed by atoms with E-state index in [1.807, 2.05) is 12.4 Å². The van der Waals surface area contributed by atoms with Gasteiger partial charge >= 0.3 is 0 Å². The molecular formula is C14H26N2P2. The van der Waals surface area contributed by atoms with Crippen LogP contribution in [0.25, 0.3) is 0 Å². The van der Waals surface area contributed by atoms with E-state index in [9.17, 15) is 0 Å². The third kappa shape index (κ3) is 6.76. The molecule has 0 N–H and O–H groups in total. The van der Waals surface area contributed by atoms with Gasteiger partial charge in [0.2, 0.25) is 0 Å². The summed E-state index contributed by atoms with van der Waals surface area (Å²) in [6, 6.07) is 0. The number of rotatable bonds is 4. The van der Waals surface area contributed by atoms with E-state index in [2.05, 4.69) is 51.5 Å². The van der Waals surface area contributed by atoms with Gasteiger partial charge in [-0.25, -0.2) is 0 Å². The topological polar surface area (TPSA) is 25.8 Å². The molecule has 1 rings (SSSR count). The van der Waals surface area contributed by atoms with Crippen LogP contribution in [0, 0.1) is 10.8 Å². The molecule has 0 radical (unpaired) electrons. The van der Waals surface area contributed by atoms with Crippen molar-refractivity contribution in [3.05, 3.63) is 12.4 Å². The number of aromatic nitrogens is 2. The van der Waals surface area contributed by atoms with Crippen LogP contribution in [0.5, 0.6) is 0 Å². The smallest absolute Gasteiger partial charge is 0.0856 e. The Labute approximate surface area is 115 Å². The molecule has 0 aliphatic carbocycles. The molecule has 0 saturated heterocycles. The lowest BCUT2D eigenvalue weighted by atomic mass is 10.0. The van der Waals surface area contributed by atoms with Crippen LogP contribution in [0.3, 0.4) is 0 Å². The normalized spacial score (nSPS) is 14.1. The summed E-state index contributed by atoms with van der Waals surface area (Å²) in [5.74, 6) is 0. The molecule has 2 unspecified atom stereocenters. The third-order valence-corrected chi connectivity index (χ3v) is 6.40. The molecule has 0 saturated carbocycles. The Hall–Kier alpha value is -0.0600. The average Bonchev–Trinajstić information content (AvgIpc) is 2.22. The van der Waals surface area contributed by atoms with Crippen molar-refractivity contribution in [1.82, 2.24) is 9.97 Å². The summed E-state index contributed by atoms with van der Waals surface area (Å²) in [5, 5.41) is 0. The molecule has 18 heavy (non-hydrogen) atoms. The molecule has 0 amide bonds. The van der Waals surface area contributed by atoms with E-state index in [1.165, 1.54) is 23.2 Å². The fourth-order valence-corrected chi connectivity index (χ4v) is 4.02. The zero-order valence-corrected chi connectivity index (χ0v) is 14.5. The highest BCUT2D eigenvalue weighted by molar-refractivity contribution is 7.54. The highest BCUT2D eigenvalue weighted by Crippen LogP contribution is 2.27. The Morgan fingerprint density at radius 1 is 0.778 bits per heavy atom. The van der Waals surface area contributed by atoms with Gasteiger partial charge in [-0.1, -0.05) is 58.7 Å². The van der Waals surface area contributed by atoms with Crippen molar-refractivity contribution >= 4 is 28.0 Å². The van der Waals surface area contributed by atoms with Gasteiger partial charge in [0.1, 0.15) is 0 Å². The van der Waals surface area contributed by atoms with E-state index in [1.54, 1.807) is 0 Å². The van der Waals surface area contributed by atoms with Gasteiger partial charge in [-0.3, -0.25) is 9.97 Å². The van der Waals surface area contributed by atoms with Crippen molar-refractivity contribution in [2.75, 3.05) is 12.3 Å². The van der Waals surface area contributed by atoms with E-state index in [-0.39, 0.29) is 0 Å². The summed E-state index contributed by atoms with van der Waals surface area (Å²) < 4.78 is 0.